The number of nitrogens with one attached hydrogen (secondary N) is 1. The fourth-order valence-electron chi connectivity index (χ4n) is 4.31. The van der Waals surface area contributed by atoms with Gasteiger partial charge in [-0.3, -0.25) is 4.79 Å². The molecule has 1 fully saturated rings. The molecule has 4 rings (SSSR count). The van der Waals surface area contributed by atoms with E-state index < -0.39 is 0 Å². The second kappa shape index (κ2) is 9.33. The molecule has 158 valence electrons. The monoisotopic (exact) mass is 406 g/mol. The average molecular weight is 407 g/mol. The minimum atomic E-state index is 0.114. The number of anilines is 1. The first-order valence-electron chi connectivity index (χ1n) is 11.0. The minimum absolute atomic E-state index is 0.114. The van der Waals surface area contributed by atoms with Crippen LogP contribution in [0.25, 0.3) is 22.6 Å². The van der Waals surface area contributed by atoms with Crippen molar-refractivity contribution in [3.8, 4) is 17.2 Å². The van der Waals surface area contributed by atoms with E-state index >= 15 is 0 Å². The van der Waals surface area contributed by atoms with Gasteiger partial charge in [0.1, 0.15) is 11.3 Å². The highest BCUT2D eigenvalue weighted by molar-refractivity contribution is 5.94. The molecule has 3 aromatic rings. The highest BCUT2D eigenvalue weighted by Crippen LogP contribution is 2.33. The number of carbonyl (C=O) groups excluding carboxylic acids is 1. The molecule has 1 aromatic heterocycles. The third-order valence-corrected chi connectivity index (χ3v) is 6.18. The van der Waals surface area contributed by atoms with E-state index in [4.69, 9.17) is 9.15 Å². The smallest absolute Gasteiger partial charge is 0.227 e. The number of benzene rings is 2. The SMILES string of the molecule is CCCCC1CCC(C(=O)Nc2ccc3nc(-c4ccc(OC)cc4)oc3c2)CC1. The number of hydrogen-bond acceptors (Lipinski definition) is 4. The molecule has 5 nitrogen and oxygen atoms in total. The Balaban J connectivity index is 1.40. The van der Waals surface area contributed by atoms with Gasteiger partial charge in [-0.15, -0.1) is 0 Å². The van der Waals surface area contributed by atoms with Crippen LogP contribution in [0.1, 0.15) is 51.9 Å². The van der Waals surface area contributed by atoms with Gasteiger partial charge in [-0.05, 0) is 68.0 Å². The van der Waals surface area contributed by atoms with Crippen LogP contribution in [0, 0.1) is 11.8 Å². The normalized spacial score (nSPS) is 19.0. The van der Waals surface area contributed by atoms with Gasteiger partial charge in [-0.1, -0.05) is 26.2 Å². The maximum Gasteiger partial charge on any atom is 0.227 e. The van der Waals surface area contributed by atoms with E-state index in [1.807, 2.05) is 42.5 Å². The summed E-state index contributed by atoms with van der Waals surface area (Å²) in [6, 6.07) is 13.3. The minimum Gasteiger partial charge on any atom is -0.497 e. The van der Waals surface area contributed by atoms with E-state index in [-0.39, 0.29) is 11.8 Å². The van der Waals surface area contributed by atoms with Crippen molar-refractivity contribution in [2.45, 2.75) is 51.9 Å². The van der Waals surface area contributed by atoms with Gasteiger partial charge in [0.15, 0.2) is 5.58 Å². The number of unbranched alkanes of at least 4 members (excludes halogenated alkanes) is 1. The van der Waals surface area contributed by atoms with Crippen molar-refractivity contribution in [3.63, 3.8) is 0 Å². The maximum absolute atomic E-state index is 12.7. The van der Waals surface area contributed by atoms with Crippen LogP contribution in [0.5, 0.6) is 5.75 Å². The Morgan fingerprint density at radius 3 is 2.60 bits per heavy atom. The summed E-state index contributed by atoms with van der Waals surface area (Å²) in [4.78, 5) is 17.3. The molecule has 30 heavy (non-hydrogen) atoms. The molecule has 0 bridgehead atoms. The molecule has 2 aromatic carbocycles. The lowest BCUT2D eigenvalue weighted by molar-refractivity contribution is -0.121. The highest BCUT2D eigenvalue weighted by atomic mass is 16.5. The number of methoxy groups -OCH3 is 1. The van der Waals surface area contributed by atoms with Crippen molar-refractivity contribution in [3.05, 3.63) is 42.5 Å². The molecule has 1 amide bonds. The first kappa shape index (κ1) is 20.5. The molecule has 0 radical (unpaired) electrons. The van der Waals surface area contributed by atoms with E-state index in [9.17, 15) is 4.79 Å². The van der Waals surface area contributed by atoms with Crippen molar-refractivity contribution in [1.29, 1.82) is 0 Å². The topological polar surface area (TPSA) is 64.4 Å². The van der Waals surface area contributed by atoms with Crippen molar-refractivity contribution >= 4 is 22.7 Å². The lowest BCUT2D eigenvalue weighted by Gasteiger charge is -2.27. The number of rotatable bonds is 7. The van der Waals surface area contributed by atoms with Gasteiger partial charge in [0.05, 0.1) is 7.11 Å². The Morgan fingerprint density at radius 1 is 1.13 bits per heavy atom. The second-order valence-electron chi connectivity index (χ2n) is 8.28. The molecule has 0 aliphatic heterocycles. The van der Waals surface area contributed by atoms with Crippen LogP contribution in [-0.2, 0) is 4.79 Å². The number of oxazole rings is 1. The molecular formula is C25H30N2O3. The zero-order valence-electron chi connectivity index (χ0n) is 17.8. The van der Waals surface area contributed by atoms with Gasteiger partial charge in [0, 0.05) is 23.2 Å². The van der Waals surface area contributed by atoms with Crippen LogP contribution in [0.15, 0.2) is 46.9 Å². The van der Waals surface area contributed by atoms with Crippen LogP contribution in [0.2, 0.25) is 0 Å². The van der Waals surface area contributed by atoms with Crippen molar-refractivity contribution in [2.24, 2.45) is 11.8 Å². The fourth-order valence-corrected chi connectivity index (χ4v) is 4.31. The molecule has 1 N–H and O–H groups in total. The van der Waals surface area contributed by atoms with Crippen LogP contribution < -0.4 is 10.1 Å². The van der Waals surface area contributed by atoms with E-state index in [1.54, 1.807) is 7.11 Å². The summed E-state index contributed by atoms with van der Waals surface area (Å²) in [7, 11) is 1.64. The van der Waals surface area contributed by atoms with Gasteiger partial charge in [0.25, 0.3) is 0 Å². The Bertz CT molecular complexity index is 985. The number of amides is 1. The number of ether oxygens (including phenoxy) is 1. The van der Waals surface area contributed by atoms with Gasteiger partial charge in [-0.2, -0.15) is 0 Å². The molecular weight excluding hydrogens is 376 g/mol. The zero-order chi connectivity index (χ0) is 20.9. The standard InChI is InChI=1S/C25H30N2O3/c1-3-4-5-17-6-8-18(9-7-17)24(28)26-20-12-15-22-23(16-20)30-25(27-22)19-10-13-21(29-2)14-11-19/h10-18H,3-9H2,1-2H3,(H,26,28). The molecule has 1 aliphatic rings. The molecule has 0 atom stereocenters. The lowest BCUT2D eigenvalue weighted by atomic mass is 9.79. The summed E-state index contributed by atoms with van der Waals surface area (Å²) in [5.74, 6) is 2.39. The number of nitrogens with zero attached hydrogens (tertiary/aromatic N) is 1. The summed E-state index contributed by atoms with van der Waals surface area (Å²) < 4.78 is 11.1. The Morgan fingerprint density at radius 2 is 1.90 bits per heavy atom. The zero-order valence-corrected chi connectivity index (χ0v) is 17.8. The molecule has 1 saturated carbocycles. The molecule has 1 aliphatic carbocycles. The van der Waals surface area contributed by atoms with Gasteiger partial charge < -0.3 is 14.5 Å². The predicted molar refractivity (Wildman–Crippen MR) is 120 cm³/mol. The van der Waals surface area contributed by atoms with E-state index in [1.165, 1.54) is 32.1 Å². The van der Waals surface area contributed by atoms with Gasteiger partial charge in [0.2, 0.25) is 11.8 Å². The number of carbonyl (C=O) groups is 1. The summed E-state index contributed by atoms with van der Waals surface area (Å²) >= 11 is 0. The number of fused-ring (bicyclic) bond motifs is 1. The second-order valence-corrected chi connectivity index (χ2v) is 8.28. The summed E-state index contributed by atoms with van der Waals surface area (Å²) in [6.07, 6.45) is 8.19. The van der Waals surface area contributed by atoms with Gasteiger partial charge in [-0.25, -0.2) is 4.98 Å². The Hall–Kier alpha value is -2.82. The third-order valence-electron chi connectivity index (χ3n) is 6.18. The first-order valence-corrected chi connectivity index (χ1v) is 11.0. The third kappa shape index (κ3) is 4.66. The molecule has 0 unspecified atom stereocenters. The van der Waals surface area contributed by atoms with E-state index in [2.05, 4.69) is 17.2 Å². The summed E-state index contributed by atoms with van der Waals surface area (Å²) in [6.45, 7) is 2.24. The molecule has 0 saturated heterocycles. The summed E-state index contributed by atoms with van der Waals surface area (Å²) in [5, 5.41) is 3.08. The lowest BCUT2D eigenvalue weighted by Crippen LogP contribution is -2.27. The maximum atomic E-state index is 12.7. The van der Waals surface area contributed by atoms with Crippen molar-refractivity contribution in [2.75, 3.05) is 12.4 Å². The largest absolute Gasteiger partial charge is 0.497 e. The average Bonchev–Trinajstić information content (AvgIpc) is 3.21. The van der Waals surface area contributed by atoms with Crippen LogP contribution >= 0.6 is 0 Å². The fraction of sp³-hybridized carbons (Fsp3) is 0.440. The van der Waals surface area contributed by atoms with Crippen LogP contribution in [0.3, 0.4) is 0 Å². The quantitative estimate of drug-likeness (QED) is 0.490. The summed E-state index contributed by atoms with van der Waals surface area (Å²) in [5.41, 5.74) is 3.09. The number of hydrogen-bond donors (Lipinski definition) is 1. The number of aromatic nitrogens is 1. The van der Waals surface area contributed by atoms with Crippen molar-refractivity contribution < 1.29 is 13.9 Å². The van der Waals surface area contributed by atoms with E-state index in [0.717, 1.165) is 41.3 Å². The van der Waals surface area contributed by atoms with Crippen molar-refractivity contribution in [1.82, 2.24) is 4.98 Å². The molecule has 1 heterocycles. The predicted octanol–water partition coefficient (Wildman–Crippen LogP) is 6.44. The highest BCUT2D eigenvalue weighted by Gasteiger charge is 2.26. The van der Waals surface area contributed by atoms with Crippen LogP contribution in [-0.4, -0.2) is 18.0 Å². The first-order chi connectivity index (χ1) is 14.7. The van der Waals surface area contributed by atoms with Crippen LogP contribution in [0.4, 0.5) is 5.69 Å². The Kier molecular flexibility index (Phi) is 6.36. The molecule has 5 heteroatoms. The van der Waals surface area contributed by atoms with Gasteiger partial charge >= 0.3 is 0 Å². The molecule has 0 spiro atoms. The Labute approximate surface area is 177 Å². The van der Waals surface area contributed by atoms with E-state index in [0.29, 0.717) is 11.5 Å².